The summed E-state index contributed by atoms with van der Waals surface area (Å²) in [5, 5.41) is 7.30. The number of rotatable bonds is 6. The molecule has 1 aromatic carbocycles. The standard InChI is InChI=1S/C22H28N4O3/c1-15-19(13-25(2)24-15)22(28)26-11-5-6-16(12-26)14-29-20-8-4-3-7-18(20)21(27)23-17-9-10-17/h3-4,7-8,13,16-17H,5-6,9-12,14H2,1-2H3,(H,23,27). The number of nitrogens with one attached hydrogen (secondary N) is 1. The maximum absolute atomic E-state index is 12.9. The first-order valence-electron chi connectivity index (χ1n) is 10.3. The highest BCUT2D eigenvalue weighted by atomic mass is 16.5. The first-order valence-corrected chi connectivity index (χ1v) is 10.3. The van der Waals surface area contributed by atoms with Crippen LogP contribution < -0.4 is 10.1 Å². The van der Waals surface area contributed by atoms with E-state index in [1.54, 1.807) is 16.9 Å². The molecule has 1 N–H and O–H groups in total. The summed E-state index contributed by atoms with van der Waals surface area (Å²) in [5.74, 6) is 0.807. The number of carbonyl (C=O) groups excluding carboxylic acids is 2. The summed E-state index contributed by atoms with van der Waals surface area (Å²) in [4.78, 5) is 27.2. The number of aromatic nitrogens is 2. The molecule has 2 heterocycles. The lowest BCUT2D eigenvalue weighted by atomic mass is 9.98. The molecule has 1 atom stereocenters. The van der Waals surface area contributed by atoms with Crippen molar-refractivity contribution in [2.24, 2.45) is 13.0 Å². The molecule has 1 unspecified atom stereocenters. The van der Waals surface area contributed by atoms with Crippen molar-refractivity contribution in [3.05, 3.63) is 47.3 Å². The molecule has 7 heteroatoms. The highest BCUT2D eigenvalue weighted by molar-refractivity contribution is 5.97. The fraction of sp³-hybridized carbons (Fsp3) is 0.500. The molecule has 7 nitrogen and oxygen atoms in total. The highest BCUT2D eigenvalue weighted by Crippen LogP contribution is 2.25. The molecule has 2 aromatic rings. The lowest BCUT2D eigenvalue weighted by molar-refractivity contribution is 0.0632. The Labute approximate surface area is 171 Å². The normalized spacial score (nSPS) is 19.1. The van der Waals surface area contributed by atoms with Gasteiger partial charge in [-0.25, -0.2) is 0 Å². The van der Waals surface area contributed by atoms with Gasteiger partial charge in [-0.15, -0.1) is 0 Å². The van der Waals surface area contributed by atoms with E-state index in [1.807, 2.05) is 37.1 Å². The molecule has 29 heavy (non-hydrogen) atoms. The monoisotopic (exact) mass is 396 g/mol. The molecule has 4 rings (SSSR count). The molecule has 0 radical (unpaired) electrons. The number of nitrogens with zero attached hydrogens (tertiary/aromatic N) is 3. The van der Waals surface area contributed by atoms with E-state index in [9.17, 15) is 9.59 Å². The number of likely N-dealkylation sites (tertiary alicyclic amines) is 1. The zero-order chi connectivity index (χ0) is 20.4. The Bertz CT molecular complexity index is 903. The van der Waals surface area contributed by atoms with Gasteiger partial charge in [-0.1, -0.05) is 12.1 Å². The summed E-state index contributed by atoms with van der Waals surface area (Å²) in [6.45, 7) is 3.76. The lowest BCUT2D eigenvalue weighted by Crippen LogP contribution is -2.41. The molecule has 154 valence electrons. The smallest absolute Gasteiger partial charge is 0.257 e. The Hall–Kier alpha value is -2.83. The summed E-state index contributed by atoms with van der Waals surface area (Å²) in [6.07, 6.45) is 5.84. The van der Waals surface area contributed by atoms with Gasteiger partial charge in [0.15, 0.2) is 0 Å². The van der Waals surface area contributed by atoms with Crippen LogP contribution >= 0.6 is 0 Å². The molecule has 2 amide bonds. The summed E-state index contributed by atoms with van der Waals surface area (Å²) >= 11 is 0. The molecule has 0 bridgehead atoms. The third-order valence-electron chi connectivity index (χ3n) is 5.57. The Kier molecular flexibility index (Phi) is 5.56. The molecule has 1 aromatic heterocycles. The summed E-state index contributed by atoms with van der Waals surface area (Å²) in [5.41, 5.74) is 2.00. The zero-order valence-corrected chi connectivity index (χ0v) is 17.1. The first-order chi connectivity index (χ1) is 14.0. The van der Waals surface area contributed by atoms with E-state index >= 15 is 0 Å². The third-order valence-corrected chi connectivity index (χ3v) is 5.57. The van der Waals surface area contributed by atoms with Gasteiger partial charge in [-0.3, -0.25) is 14.3 Å². The molecule has 2 aliphatic rings. The van der Waals surface area contributed by atoms with Crippen LogP contribution in [-0.2, 0) is 7.05 Å². The summed E-state index contributed by atoms with van der Waals surface area (Å²) in [7, 11) is 1.83. The van der Waals surface area contributed by atoms with E-state index < -0.39 is 0 Å². The minimum absolute atomic E-state index is 0.0320. The van der Waals surface area contributed by atoms with Crippen LogP contribution in [0.2, 0.25) is 0 Å². The van der Waals surface area contributed by atoms with Crippen molar-refractivity contribution in [3.63, 3.8) is 0 Å². The second-order valence-corrected chi connectivity index (χ2v) is 8.12. The van der Waals surface area contributed by atoms with Crippen molar-refractivity contribution in [1.82, 2.24) is 20.0 Å². The van der Waals surface area contributed by atoms with Gasteiger partial charge >= 0.3 is 0 Å². The van der Waals surface area contributed by atoms with Crippen LogP contribution in [-0.4, -0.2) is 52.2 Å². The second kappa shape index (κ2) is 8.27. The number of carbonyl (C=O) groups is 2. The number of hydrogen-bond acceptors (Lipinski definition) is 4. The topological polar surface area (TPSA) is 76.5 Å². The van der Waals surface area contributed by atoms with Crippen molar-refractivity contribution in [1.29, 1.82) is 0 Å². The SMILES string of the molecule is Cc1nn(C)cc1C(=O)N1CCCC(COc2ccccc2C(=O)NC2CC2)C1. The van der Waals surface area contributed by atoms with Crippen molar-refractivity contribution in [3.8, 4) is 5.75 Å². The van der Waals surface area contributed by atoms with Gasteiger partial charge in [0.2, 0.25) is 0 Å². The number of benzene rings is 1. The van der Waals surface area contributed by atoms with Gasteiger partial charge < -0.3 is 15.0 Å². The van der Waals surface area contributed by atoms with Crippen molar-refractivity contribution < 1.29 is 14.3 Å². The first kappa shape index (κ1) is 19.5. The highest BCUT2D eigenvalue weighted by Gasteiger charge is 2.28. The average molecular weight is 396 g/mol. The van der Waals surface area contributed by atoms with Crippen molar-refractivity contribution >= 4 is 11.8 Å². The van der Waals surface area contributed by atoms with E-state index in [2.05, 4.69) is 10.4 Å². The maximum atomic E-state index is 12.9. The van der Waals surface area contributed by atoms with E-state index in [4.69, 9.17) is 4.74 Å². The third kappa shape index (κ3) is 4.60. The number of piperidine rings is 1. The van der Waals surface area contributed by atoms with Crippen LogP contribution in [0.3, 0.4) is 0 Å². The minimum atomic E-state index is -0.0735. The fourth-order valence-corrected chi connectivity index (χ4v) is 3.84. The van der Waals surface area contributed by atoms with Gasteiger partial charge in [0.05, 0.1) is 23.4 Å². The Morgan fingerprint density at radius 3 is 2.72 bits per heavy atom. The molecule has 1 saturated heterocycles. The second-order valence-electron chi connectivity index (χ2n) is 8.12. The predicted octanol–water partition coefficient (Wildman–Crippen LogP) is 2.55. The molecular weight excluding hydrogens is 368 g/mol. The Balaban J connectivity index is 1.37. The van der Waals surface area contributed by atoms with Crippen LogP contribution in [0.15, 0.2) is 30.5 Å². The average Bonchev–Trinajstić information content (AvgIpc) is 3.47. The molecular formula is C22H28N4O3. The number of para-hydroxylation sites is 1. The van der Waals surface area contributed by atoms with Gasteiger partial charge in [-0.2, -0.15) is 5.10 Å². The van der Waals surface area contributed by atoms with Crippen molar-refractivity contribution in [2.45, 2.75) is 38.6 Å². The number of ether oxygens (including phenoxy) is 1. The largest absolute Gasteiger partial charge is 0.492 e. The zero-order valence-electron chi connectivity index (χ0n) is 17.1. The van der Waals surface area contributed by atoms with Crippen LogP contribution in [0.1, 0.15) is 52.1 Å². The molecule has 1 aliphatic carbocycles. The van der Waals surface area contributed by atoms with Crippen LogP contribution in [0, 0.1) is 12.8 Å². The molecule has 2 fully saturated rings. The Morgan fingerprint density at radius 1 is 1.21 bits per heavy atom. The summed E-state index contributed by atoms with van der Waals surface area (Å²) < 4.78 is 7.72. The van der Waals surface area contributed by atoms with Crippen molar-refractivity contribution in [2.75, 3.05) is 19.7 Å². The predicted molar refractivity (Wildman–Crippen MR) is 109 cm³/mol. The van der Waals surface area contributed by atoms with E-state index in [0.717, 1.165) is 37.9 Å². The molecule has 0 spiro atoms. The summed E-state index contributed by atoms with van der Waals surface area (Å²) in [6, 6.07) is 7.68. The maximum Gasteiger partial charge on any atom is 0.257 e. The van der Waals surface area contributed by atoms with E-state index in [1.165, 1.54) is 0 Å². The number of hydrogen-bond donors (Lipinski definition) is 1. The van der Waals surface area contributed by atoms with Crippen LogP contribution in [0.5, 0.6) is 5.75 Å². The lowest BCUT2D eigenvalue weighted by Gasteiger charge is -2.32. The van der Waals surface area contributed by atoms with Gasteiger partial charge in [0.25, 0.3) is 11.8 Å². The van der Waals surface area contributed by atoms with Crippen LogP contribution in [0.25, 0.3) is 0 Å². The minimum Gasteiger partial charge on any atom is -0.492 e. The fourth-order valence-electron chi connectivity index (χ4n) is 3.84. The van der Waals surface area contributed by atoms with E-state index in [-0.39, 0.29) is 17.7 Å². The van der Waals surface area contributed by atoms with Gasteiger partial charge in [0.1, 0.15) is 5.75 Å². The quantitative estimate of drug-likeness (QED) is 0.814. The molecule has 1 saturated carbocycles. The van der Waals surface area contributed by atoms with Gasteiger partial charge in [-0.05, 0) is 44.7 Å². The van der Waals surface area contributed by atoms with E-state index in [0.29, 0.717) is 36.1 Å². The number of amides is 2. The Morgan fingerprint density at radius 2 is 2.00 bits per heavy atom. The van der Waals surface area contributed by atoms with Gasteiger partial charge in [0, 0.05) is 38.3 Å². The van der Waals surface area contributed by atoms with Crippen LogP contribution in [0.4, 0.5) is 0 Å². The molecule has 1 aliphatic heterocycles. The number of aryl methyl sites for hydroxylation is 2.